The Morgan fingerprint density at radius 1 is 1.14 bits per heavy atom. The lowest BCUT2D eigenvalue weighted by atomic mass is 10.0. The van der Waals surface area contributed by atoms with Crippen molar-refractivity contribution in [2.45, 2.75) is 6.04 Å². The van der Waals surface area contributed by atoms with Crippen LogP contribution in [-0.4, -0.2) is 48.6 Å². The number of thiazole rings is 1. The van der Waals surface area contributed by atoms with Gasteiger partial charge in [-0.3, -0.25) is 9.69 Å². The number of rotatable bonds is 6. The Balaban J connectivity index is 1.40. The Labute approximate surface area is 168 Å². The predicted octanol–water partition coefficient (Wildman–Crippen LogP) is 3.50. The van der Waals surface area contributed by atoms with E-state index in [4.69, 9.17) is 4.74 Å². The summed E-state index contributed by atoms with van der Waals surface area (Å²) in [6.45, 7) is 3.77. The molecule has 0 spiro atoms. The van der Waals surface area contributed by atoms with Gasteiger partial charge >= 0.3 is 0 Å². The number of morpholine rings is 1. The Morgan fingerprint density at radius 3 is 2.68 bits per heavy atom. The number of hydrogen-bond acceptors (Lipinski definition) is 5. The molecule has 1 unspecified atom stereocenters. The number of carbonyl (C=O) groups excluding carboxylic acids is 1. The first-order chi connectivity index (χ1) is 13.8. The number of aromatic nitrogens is 1. The van der Waals surface area contributed by atoms with Gasteiger partial charge in [-0.25, -0.2) is 4.98 Å². The summed E-state index contributed by atoms with van der Waals surface area (Å²) in [7, 11) is 0. The van der Waals surface area contributed by atoms with Gasteiger partial charge in [0.25, 0.3) is 0 Å². The van der Waals surface area contributed by atoms with Crippen molar-refractivity contribution in [1.82, 2.24) is 15.2 Å². The third-order valence-corrected chi connectivity index (χ3v) is 5.83. The van der Waals surface area contributed by atoms with Gasteiger partial charge in [0.2, 0.25) is 5.91 Å². The van der Waals surface area contributed by atoms with Gasteiger partial charge in [0, 0.05) is 25.7 Å². The maximum atomic E-state index is 12.4. The highest BCUT2D eigenvalue weighted by Gasteiger charge is 2.22. The Kier molecular flexibility index (Phi) is 6.11. The number of nitrogens with zero attached hydrogens (tertiary/aromatic N) is 2. The molecule has 2 aromatic carbocycles. The molecule has 0 bridgehead atoms. The summed E-state index contributed by atoms with van der Waals surface area (Å²) < 4.78 is 6.60. The zero-order valence-corrected chi connectivity index (χ0v) is 16.4. The zero-order chi connectivity index (χ0) is 19.2. The first-order valence-corrected chi connectivity index (χ1v) is 10.3. The highest BCUT2D eigenvalue weighted by atomic mass is 32.1. The molecule has 5 nitrogen and oxygen atoms in total. The van der Waals surface area contributed by atoms with Gasteiger partial charge in [0.15, 0.2) is 0 Å². The minimum absolute atomic E-state index is 0.103. The van der Waals surface area contributed by atoms with Gasteiger partial charge in [-0.2, -0.15) is 0 Å². The Morgan fingerprint density at radius 2 is 1.89 bits per heavy atom. The van der Waals surface area contributed by atoms with E-state index in [9.17, 15) is 4.79 Å². The van der Waals surface area contributed by atoms with Crippen LogP contribution in [0, 0.1) is 0 Å². The third-order valence-electron chi connectivity index (χ3n) is 4.83. The SMILES string of the molecule is O=C(/C=C/c1nc2ccccc2s1)NCC(c1ccccc1)N1CCOCC1. The summed E-state index contributed by atoms with van der Waals surface area (Å²) in [4.78, 5) is 19.3. The molecule has 1 saturated heterocycles. The average molecular weight is 394 g/mol. The molecule has 6 heteroatoms. The topological polar surface area (TPSA) is 54.5 Å². The van der Waals surface area contributed by atoms with E-state index >= 15 is 0 Å². The van der Waals surface area contributed by atoms with E-state index in [-0.39, 0.29) is 11.9 Å². The molecular formula is C22H23N3O2S. The Hall–Kier alpha value is -2.54. The van der Waals surface area contributed by atoms with Gasteiger partial charge in [0.05, 0.1) is 29.5 Å². The molecule has 4 rings (SSSR count). The predicted molar refractivity (Wildman–Crippen MR) is 113 cm³/mol. The van der Waals surface area contributed by atoms with Crippen LogP contribution < -0.4 is 5.32 Å². The minimum Gasteiger partial charge on any atom is -0.379 e. The molecule has 1 fully saturated rings. The fourth-order valence-corrected chi connectivity index (χ4v) is 4.26. The van der Waals surface area contributed by atoms with Crippen LogP contribution in [0.25, 0.3) is 16.3 Å². The van der Waals surface area contributed by atoms with Crippen molar-refractivity contribution in [2.75, 3.05) is 32.8 Å². The van der Waals surface area contributed by atoms with Crippen molar-refractivity contribution < 1.29 is 9.53 Å². The van der Waals surface area contributed by atoms with E-state index in [1.807, 2.05) is 42.5 Å². The van der Waals surface area contributed by atoms with Crippen molar-refractivity contribution in [3.8, 4) is 0 Å². The largest absolute Gasteiger partial charge is 0.379 e. The summed E-state index contributed by atoms with van der Waals surface area (Å²) in [5, 5.41) is 3.89. The lowest BCUT2D eigenvalue weighted by Gasteiger charge is -2.34. The lowest BCUT2D eigenvalue weighted by Crippen LogP contribution is -2.43. The molecule has 144 valence electrons. The van der Waals surface area contributed by atoms with Crippen LogP contribution >= 0.6 is 11.3 Å². The molecule has 1 aliphatic heterocycles. The first kappa shape index (κ1) is 18.8. The number of ether oxygens (including phenoxy) is 1. The van der Waals surface area contributed by atoms with E-state index in [2.05, 4.69) is 27.3 Å². The monoisotopic (exact) mass is 393 g/mol. The molecule has 1 aromatic heterocycles. The number of benzene rings is 2. The fourth-order valence-electron chi connectivity index (χ4n) is 3.39. The van der Waals surface area contributed by atoms with Crippen LogP contribution in [-0.2, 0) is 9.53 Å². The number of nitrogens with one attached hydrogen (secondary N) is 1. The van der Waals surface area contributed by atoms with E-state index in [0.29, 0.717) is 6.54 Å². The molecule has 0 aliphatic carbocycles. The maximum Gasteiger partial charge on any atom is 0.244 e. The van der Waals surface area contributed by atoms with Crippen molar-refractivity contribution in [1.29, 1.82) is 0 Å². The maximum absolute atomic E-state index is 12.4. The molecule has 0 radical (unpaired) electrons. The van der Waals surface area contributed by atoms with Crippen LogP contribution in [0.1, 0.15) is 16.6 Å². The summed E-state index contributed by atoms with van der Waals surface area (Å²) in [6.07, 6.45) is 3.35. The molecule has 3 aromatic rings. The number of fused-ring (bicyclic) bond motifs is 1. The van der Waals surface area contributed by atoms with Crippen molar-refractivity contribution >= 4 is 33.5 Å². The van der Waals surface area contributed by atoms with Crippen molar-refractivity contribution in [2.24, 2.45) is 0 Å². The highest BCUT2D eigenvalue weighted by molar-refractivity contribution is 7.19. The molecule has 28 heavy (non-hydrogen) atoms. The van der Waals surface area contributed by atoms with E-state index in [1.54, 1.807) is 23.5 Å². The van der Waals surface area contributed by atoms with Crippen LogP contribution in [0.4, 0.5) is 0 Å². The summed E-state index contributed by atoms with van der Waals surface area (Å²) >= 11 is 1.58. The van der Waals surface area contributed by atoms with Crippen LogP contribution in [0.15, 0.2) is 60.7 Å². The molecule has 1 N–H and O–H groups in total. The molecular weight excluding hydrogens is 370 g/mol. The van der Waals surface area contributed by atoms with Gasteiger partial charge < -0.3 is 10.1 Å². The average Bonchev–Trinajstić information content (AvgIpc) is 3.17. The van der Waals surface area contributed by atoms with Crippen LogP contribution in [0.5, 0.6) is 0 Å². The number of para-hydroxylation sites is 1. The van der Waals surface area contributed by atoms with E-state index < -0.39 is 0 Å². The fraction of sp³-hybridized carbons (Fsp3) is 0.273. The van der Waals surface area contributed by atoms with Crippen molar-refractivity contribution in [3.63, 3.8) is 0 Å². The second-order valence-electron chi connectivity index (χ2n) is 6.67. The summed E-state index contributed by atoms with van der Waals surface area (Å²) in [5.74, 6) is -0.103. The molecule has 1 atom stereocenters. The smallest absolute Gasteiger partial charge is 0.244 e. The Bertz CT molecular complexity index is 916. The van der Waals surface area contributed by atoms with Gasteiger partial charge in [-0.1, -0.05) is 42.5 Å². The minimum atomic E-state index is -0.103. The van der Waals surface area contributed by atoms with E-state index in [1.165, 1.54) is 5.56 Å². The van der Waals surface area contributed by atoms with E-state index in [0.717, 1.165) is 41.5 Å². The quantitative estimate of drug-likeness (QED) is 0.652. The number of amides is 1. The molecule has 0 saturated carbocycles. The lowest BCUT2D eigenvalue weighted by molar-refractivity contribution is -0.116. The van der Waals surface area contributed by atoms with Crippen LogP contribution in [0.2, 0.25) is 0 Å². The summed E-state index contributed by atoms with van der Waals surface area (Å²) in [5.41, 5.74) is 2.17. The molecule has 1 aliphatic rings. The van der Waals surface area contributed by atoms with Crippen LogP contribution in [0.3, 0.4) is 0 Å². The van der Waals surface area contributed by atoms with Gasteiger partial charge in [0.1, 0.15) is 5.01 Å². The highest BCUT2D eigenvalue weighted by Crippen LogP contribution is 2.23. The second-order valence-corrected chi connectivity index (χ2v) is 7.74. The number of hydrogen-bond donors (Lipinski definition) is 1. The standard InChI is InChI=1S/C22H23N3O2S/c26-21(10-11-22-24-18-8-4-5-9-20(18)28-22)23-16-19(17-6-2-1-3-7-17)25-12-14-27-15-13-25/h1-11,19H,12-16H2,(H,23,26)/b11-10+. The molecule has 2 heterocycles. The van der Waals surface area contributed by atoms with Gasteiger partial charge in [-0.15, -0.1) is 11.3 Å². The third kappa shape index (κ3) is 4.65. The van der Waals surface area contributed by atoms with Crippen molar-refractivity contribution in [3.05, 3.63) is 71.2 Å². The first-order valence-electron chi connectivity index (χ1n) is 9.48. The second kappa shape index (κ2) is 9.10. The normalized spacial score (nSPS) is 16.4. The zero-order valence-electron chi connectivity index (χ0n) is 15.6. The van der Waals surface area contributed by atoms with Gasteiger partial charge in [-0.05, 0) is 23.8 Å². The number of carbonyl (C=O) groups is 1. The summed E-state index contributed by atoms with van der Waals surface area (Å²) in [6, 6.07) is 18.5. The molecule has 1 amide bonds.